The number of piperidine rings is 1. The van der Waals surface area contributed by atoms with Crippen molar-refractivity contribution >= 4 is 22.4 Å². The summed E-state index contributed by atoms with van der Waals surface area (Å²) < 4.78 is 5.15. The molecule has 0 aliphatic carbocycles. The van der Waals surface area contributed by atoms with Crippen LogP contribution in [0.25, 0.3) is 0 Å². The smallest absolute Gasteiger partial charge is 0.257 e. The molecule has 2 aromatic rings. The topological polar surface area (TPSA) is 54.5 Å². The number of thiazole rings is 1. The minimum absolute atomic E-state index is 0.165. The SMILES string of the molecule is COc1cccc(C(=O)Nc2nc(CN3CCC(C)CC3)cs2)c1. The van der Waals surface area contributed by atoms with Gasteiger partial charge >= 0.3 is 0 Å². The zero-order valence-corrected chi connectivity index (χ0v) is 14.9. The molecular formula is C18H23N3O2S. The summed E-state index contributed by atoms with van der Waals surface area (Å²) in [6, 6.07) is 7.11. The van der Waals surface area contributed by atoms with Gasteiger partial charge in [-0.25, -0.2) is 4.98 Å². The Balaban J connectivity index is 1.58. The Morgan fingerprint density at radius 2 is 2.21 bits per heavy atom. The van der Waals surface area contributed by atoms with E-state index in [2.05, 4.69) is 22.1 Å². The number of aromatic nitrogens is 1. The lowest BCUT2D eigenvalue weighted by Crippen LogP contribution is -2.32. The number of anilines is 1. The van der Waals surface area contributed by atoms with Gasteiger partial charge in [0, 0.05) is 17.5 Å². The van der Waals surface area contributed by atoms with Crippen LogP contribution < -0.4 is 10.1 Å². The van der Waals surface area contributed by atoms with Gasteiger partial charge in [0.15, 0.2) is 5.13 Å². The molecule has 0 unspecified atom stereocenters. The zero-order chi connectivity index (χ0) is 16.9. The van der Waals surface area contributed by atoms with Gasteiger partial charge in [-0.15, -0.1) is 11.3 Å². The lowest BCUT2D eigenvalue weighted by atomic mass is 9.99. The van der Waals surface area contributed by atoms with Gasteiger partial charge < -0.3 is 4.74 Å². The van der Waals surface area contributed by atoms with Crippen LogP contribution in [0.3, 0.4) is 0 Å². The highest BCUT2D eigenvalue weighted by atomic mass is 32.1. The Kier molecular flexibility index (Phi) is 5.48. The number of nitrogens with zero attached hydrogens (tertiary/aromatic N) is 2. The number of amides is 1. The minimum atomic E-state index is -0.165. The van der Waals surface area contributed by atoms with Gasteiger partial charge in [0.25, 0.3) is 5.91 Å². The van der Waals surface area contributed by atoms with Crippen LogP contribution in [0.1, 0.15) is 35.8 Å². The van der Waals surface area contributed by atoms with E-state index in [1.165, 1.54) is 24.2 Å². The number of likely N-dealkylation sites (tertiary alicyclic amines) is 1. The molecule has 6 heteroatoms. The number of carbonyl (C=O) groups excluding carboxylic acids is 1. The summed E-state index contributed by atoms with van der Waals surface area (Å²) in [6.07, 6.45) is 2.51. The van der Waals surface area contributed by atoms with E-state index in [1.807, 2.05) is 11.4 Å². The third-order valence-corrected chi connectivity index (χ3v) is 5.17. The highest BCUT2D eigenvalue weighted by molar-refractivity contribution is 7.13. The van der Waals surface area contributed by atoms with Crippen LogP contribution in [0.5, 0.6) is 5.75 Å². The Hall–Kier alpha value is -1.92. The van der Waals surface area contributed by atoms with Gasteiger partial charge in [0.1, 0.15) is 5.75 Å². The standard InChI is InChI=1S/C18H23N3O2S/c1-13-6-8-21(9-7-13)11-15-12-24-18(19-15)20-17(22)14-4-3-5-16(10-14)23-2/h3-5,10,12-13H,6-9,11H2,1-2H3,(H,19,20,22). The molecule has 2 heterocycles. The second-order valence-electron chi connectivity index (χ2n) is 6.29. The van der Waals surface area contributed by atoms with E-state index < -0.39 is 0 Å². The Bertz CT molecular complexity index is 693. The van der Waals surface area contributed by atoms with Gasteiger partial charge in [-0.2, -0.15) is 0 Å². The maximum absolute atomic E-state index is 12.3. The Morgan fingerprint density at radius 3 is 2.96 bits per heavy atom. The molecule has 1 saturated heterocycles. The summed E-state index contributed by atoms with van der Waals surface area (Å²) in [5.74, 6) is 1.33. The molecule has 0 saturated carbocycles. The average molecular weight is 345 g/mol. The number of ether oxygens (including phenoxy) is 1. The Labute approximate surface area is 146 Å². The number of rotatable bonds is 5. The Morgan fingerprint density at radius 1 is 1.42 bits per heavy atom. The number of methoxy groups -OCH3 is 1. The van der Waals surface area contributed by atoms with Crippen molar-refractivity contribution in [3.05, 3.63) is 40.9 Å². The second kappa shape index (κ2) is 7.77. The molecule has 128 valence electrons. The molecular weight excluding hydrogens is 322 g/mol. The fourth-order valence-corrected chi connectivity index (χ4v) is 3.52. The molecule has 3 rings (SSSR count). The molecule has 24 heavy (non-hydrogen) atoms. The van der Waals surface area contributed by atoms with Crippen LogP contribution in [-0.4, -0.2) is 36.0 Å². The molecule has 1 aliphatic heterocycles. The highest BCUT2D eigenvalue weighted by Gasteiger charge is 2.17. The summed E-state index contributed by atoms with van der Waals surface area (Å²) in [6.45, 7) is 5.43. The largest absolute Gasteiger partial charge is 0.497 e. The third-order valence-electron chi connectivity index (χ3n) is 4.37. The van der Waals surface area contributed by atoms with E-state index in [9.17, 15) is 4.79 Å². The molecule has 1 N–H and O–H groups in total. The average Bonchev–Trinajstić information content (AvgIpc) is 3.04. The van der Waals surface area contributed by atoms with E-state index in [1.54, 1.807) is 25.3 Å². The second-order valence-corrected chi connectivity index (χ2v) is 7.15. The van der Waals surface area contributed by atoms with Gasteiger partial charge in [-0.05, 0) is 50.0 Å². The van der Waals surface area contributed by atoms with Crippen LogP contribution in [0.15, 0.2) is 29.6 Å². The molecule has 0 radical (unpaired) electrons. The fraction of sp³-hybridized carbons (Fsp3) is 0.444. The van der Waals surface area contributed by atoms with Gasteiger partial charge in [-0.3, -0.25) is 15.0 Å². The number of nitrogens with one attached hydrogen (secondary N) is 1. The van der Waals surface area contributed by atoms with Gasteiger partial charge in [-0.1, -0.05) is 13.0 Å². The quantitative estimate of drug-likeness (QED) is 0.899. The van der Waals surface area contributed by atoms with E-state index >= 15 is 0 Å². The molecule has 0 atom stereocenters. The molecule has 1 aromatic carbocycles. The highest BCUT2D eigenvalue weighted by Crippen LogP contribution is 2.22. The molecule has 1 amide bonds. The summed E-state index contributed by atoms with van der Waals surface area (Å²) in [5.41, 5.74) is 1.59. The van der Waals surface area contributed by atoms with E-state index in [0.717, 1.165) is 31.2 Å². The van der Waals surface area contributed by atoms with E-state index in [4.69, 9.17) is 4.74 Å². The normalized spacial score (nSPS) is 16.1. The minimum Gasteiger partial charge on any atom is -0.497 e. The maximum Gasteiger partial charge on any atom is 0.257 e. The molecule has 0 bridgehead atoms. The van der Waals surface area contributed by atoms with Crippen LogP contribution in [0.2, 0.25) is 0 Å². The molecule has 5 nitrogen and oxygen atoms in total. The molecule has 1 aliphatic rings. The van der Waals surface area contributed by atoms with Crippen molar-refractivity contribution in [2.24, 2.45) is 5.92 Å². The van der Waals surface area contributed by atoms with Crippen molar-refractivity contribution in [3.63, 3.8) is 0 Å². The first kappa shape index (κ1) is 16.9. The van der Waals surface area contributed by atoms with Crippen LogP contribution in [0, 0.1) is 5.92 Å². The third kappa shape index (κ3) is 4.33. The fourth-order valence-electron chi connectivity index (χ4n) is 2.82. The first-order valence-corrected chi connectivity index (χ1v) is 9.14. The lowest BCUT2D eigenvalue weighted by molar-refractivity contribution is 0.102. The van der Waals surface area contributed by atoms with E-state index in [0.29, 0.717) is 16.4 Å². The monoisotopic (exact) mass is 345 g/mol. The zero-order valence-electron chi connectivity index (χ0n) is 14.1. The molecule has 1 aromatic heterocycles. The van der Waals surface area contributed by atoms with Crippen LogP contribution in [-0.2, 0) is 6.54 Å². The van der Waals surface area contributed by atoms with Crippen LogP contribution >= 0.6 is 11.3 Å². The van der Waals surface area contributed by atoms with Crippen molar-refractivity contribution < 1.29 is 9.53 Å². The summed E-state index contributed by atoms with van der Waals surface area (Å²) >= 11 is 1.47. The van der Waals surface area contributed by atoms with Crippen LogP contribution in [0.4, 0.5) is 5.13 Å². The number of carbonyl (C=O) groups is 1. The van der Waals surface area contributed by atoms with Gasteiger partial charge in [0.2, 0.25) is 0 Å². The number of hydrogen-bond donors (Lipinski definition) is 1. The summed E-state index contributed by atoms with van der Waals surface area (Å²) in [7, 11) is 1.59. The summed E-state index contributed by atoms with van der Waals surface area (Å²) in [4.78, 5) is 19.3. The first-order chi connectivity index (χ1) is 11.6. The van der Waals surface area contributed by atoms with Gasteiger partial charge in [0.05, 0.1) is 12.8 Å². The lowest BCUT2D eigenvalue weighted by Gasteiger charge is -2.29. The van der Waals surface area contributed by atoms with Crippen molar-refractivity contribution in [1.82, 2.24) is 9.88 Å². The predicted octanol–water partition coefficient (Wildman–Crippen LogP) is 3.64. The maximum atomic E-state index is 12.3. The number of benzene rings is 1. The molecule has 0 spiro atoms. The van der Waals surface area contributed by atoms with Crippen molar-refractivity contribution in [2.45, 2.75) is 26.3 Å². The summed E-state index contributed by atoms with van der Waals surface area (Å²) in [5, 5.41) is 5.54. The number of hydrogen-bond acceptors (Lipinski definition) is 5. The van der Waals surface area contributed by atoms with E-state index in [-0.39, 0.29) is 5.91 Å². The predicted molar refractivity (Wildman–Crippen MR) is 96.7 cm³/mol. The van der Waals surface area contributed by atoms with Crippen molar-refractivity contribution in [2.75, 3.05) is 25.5 Å². The van der Waals surface area contributed by atoms with Crippen molar-refractivity contribution in [3.8, 4) is 5.75 Å². The van der Waals surface area contributed by atoms with Crippen molar-refractivity contribution in [1.29, 1.82) is 0 Å². The first-order valence-electron chi connectivity index (χ1n) is 8.26. The molecule has 1 fully saturated rings.